The predicted octanol–water partition coefficient (Wildman–Crippen LogP) is 3.78. The van der Waals surface area contributed by atoms with Gasteiger partial charge in [-0.05, 0) is 12.1 Å². The molecule has 1 aromatic rings. The van der Waals surface area contributed by atoms with Crippen LogP contribution in [0.15, 0.2) is 12.1 Å². The Hall–Kier alpha value is -0.770. The van der Waals surface area contributed by atoms with Gasteiger partial charge in [0.1, 0.15) is 0 Å². The second-order valence-electron chi connectivity index (χ2n) is 3.25. The summed E-state index contributed by atoms with van der Waals surface area (Å²) in [6, 6.07) is 2.87. The van der Waals surface area contributed by atoms with E-state index in [1.165, 1.54) is 19.2 Å². The van der Waals surface area contributed by atoms with Gasteiger partial charge in [0.25, 0.3) is 0 Å². The van der Waals surface area contributed by atoms with Gasteiger partial charge in [0.2, 0.25) is 0 Å². The summed E-state index contributed by atoms with van der Waals surface area (Å²) in [4.78, 5) is 22.7. The second kappa shape index (κ2) is 6.24. The number of hydrogen-bond acceptors (Lipinski definition) is 3. The van der Waals surface area contributed by atoms with Gasteiger partial charge in [-0.3, -0.25) is 9.59 Å². The van der Waals surface area contributed by atoms with E-state index in [9.17, 15) is 9.59 Å². The number of carbonyl (C=O) groups excluding carboxylic acids is 2. The van der Waals surface area contributed by atoms with Crippen LogP contribution in [0.2, 0.25) is 15.1 Å². The van der Waals surface area contributed by atoms with Crippen LogP contribution < -0.4 is 0 Å². The smallest absolute Gasteiger partial charge is 0.305 e. The lowest BCUT2D eigenvalue weighted by Gasteiger charge is -2.05. The molecule has 1 aromatic carbocycles. The number of halogens is 3. The fraction of sp³-hybridized carbons (Fsp3) is 0.273. The Balaban J connectivity index is 2.86. The Morgan fingerprint density at radius 2 is 1.82 bits per heavy atom. The molecule has 0 bridgehead atoms. The molecule has 0 spiro atoms. The number of ketones is 1. The summed E-state index contributed by atoms with van der Waals surface area (Å²) in [5.41, 5.74) is 0.216. The van der Waals surface area contributed by atoms with Gasteiger partial charge in [0.05, 0.1) is 23.6 Å². The van der Waals surface area contributed by atoms with Gasteiger partial charge in [0, 0.05) is 17.0 Å². The van der Waals surface area contributed by atoms with Crippen molar-refractivity contribution in [2.24, 2.45) is 0 Å². The van der Waals surface area contributed by atoms with E-state index in [-0.39, 0.29) is 34.2 Å². The summed E-state index contributed by atoms with van der Waals surface area (Å²) in [5.74, 6) is -0.757. The van der Waals surface area contributed by atoms with E-state index in [1.54, 1.807) is 0 Å². The zero-order chi connectivity index (χ0) is 13.0. The van der Waals surface area contributed by atoms with Crippen molar-refractivity contribution >= 4 is 46.6 Å². The van der Waals surface area contributed by atoms with Crippen LogP contribution in [-0.2, 0) is 9.53 Å². The Morgan fingerprint density at radius 3 is 2.41 bits per heavy atom. The number of methoxy groups -OCH3 is 1. The summed E-state index contributed by atoms with van der Waals surface area (Å²) in [6.07, 6.45) is -0.00113. The van der Waals surface area contributed by atoms with Gasteiger partial charge in [-0.15, -0.1) is 0 Å². The van der Waals surface area contributed by atoms with Crippen LogP contribution in [0.1, 0.15) is 23.2 Å². The normalized spacial score (nSPS) is 10.1. The van der Waals surface area contributed by atoms with Gasteiger partial charge in [0.15, 0.2) is 5.78 Å². The van der Waals surface area contributed by atoms with Crippen LogP contribution >= 0.6 is 34.8 Å². The first-order valence-electron chi connectivity index (χ1n) is 4.70. The minimum absolute atomic E-state index is 0.00304. The molecule has 0 amide bonds. The van der Waals surface area contributed by atoms with Crippen molar-refractivity contribution in [3.63, 3.8) is 0 Å². The largest absolute Gasteiger partial charge is 0.469 e. The van der Waals surface area contributed by atoms with E-state index in [0.717, 1.165) is 0 Å². The number of hydrogen-bond donors (Lipinski definition) is 0. The molecule has 1 rings (SSSR count). The zero-order valence-electron chi connectivity index (χ0n) is 8.93. The highest BCUT2D eigenvalue weighted by Gasteiger charge is 2.15. The third-order valence-electron chi connectivity index (χ3n) is 2.08. The van der Waals surface area contributed by atoms with Crippen molar-refractivity contribution in [3.05, 3.63) is 32.8 Å². The van der Waals surface area contributed by atoms with Crippen LogP contribution in [0.4, 0.5) is 0 Å². The lowest BCUT2D eigenvalue weighted by atomic mass is 10.1. The number of esters is 1. The highest BCUT2D eigenvalue weighted by Crippen LogP contribution is 2.30. The second-order valence-corrected chi connectivity index (χ2v) is 4.47. The molecule has 0 atom stereocenters. The molecular weight excluding hydrogens is 286 g/mol. The van der Waals surface area contributed by atoms with Crippen LogP contribution in [-0.4, -0.2) is 18.9 Å². The molecular formula is C11H9Cl3O3. The van der Waals surface area contributed by atoms with Crippen molar-refractivity contribution in [3.8, 4) is 0 Å². The molecule has 0 fully saturated rings. The molecule has 0 radical (unpaired) electrons. The lowest BCUT2D eigenvalue weighted by Crippen LogP contribution is -2.06. The van der Waals surface area contributed by atoms with Crippen LogP contribution in [0.25, 0.3) is 0 Å². The molecule has 17 heavy (non-hydrogen) atoms. The SMILES string of the molecule is COC(=O)CCC(=O)c1cc(Cl)cc(Cl)c1Cl. The fourth-order valence-corrected chi connectivity index (χ4v) is 1.92. The number of carbonyl (C=O) groups is 2. The molecule has 6 heteroatoms. The number of benzene rings is 1. The van der Waals surface area contributed by atoms with Crippen LogP contribution in [0.5, 0.6) is 0 Å². The highest BCUT2D eigenvalue weighted by atomic mass is 35.5. The van der Waals surface area contributed by atoms with Gasteiger partial charge < -0.3 is 4.74 Å². The fourth-order valence-electron chi connectivity index (χ4n) is 1.21. The molecule has 0 heterocycles. The summed E-state index contributed by atoms with van der Waals surface area (Å²) in [5, 5.41) is 0.673. The molecule has 92 valence electrons. The summed E-state index contributed by atoms with van der Waals surface area (Å²) in [6.45, 7) is 0. The minimum atomic E-state index is -0.456. The third kappa shape index (κ3) is 3.87. The van der Waals surface area contributed by atoms with E-state index < -0.39 is 5.97 Å². The molecule has 0 aliphatic rings. The quantitative estimate of drug-likeness (QED) is 0.482. The van der Waals surface area contributed by atoms with Crippen molar-refractivity contribution in [2.75, 3.05) is 7.11 Å². The number of rotatable bonds is 4. The molecule has 0 N–H and O–H groups in total. The Labute approximate surface area is 114 Å². The molecule has 0 aromatic heterocycles. The minimum Gasteiger partial charge on any atom is -0.469 e. The first-order valence-corrected chi connectivity index (χ1v) is 5.83. The Bertz CT molecular complexity index is 458. The van der Waals surface area contributed by atoms with E-state index >= 15 is 0 Å². The molecule has 0 unspecified atom stereocenters. The van der Waals surface area contributed by atoms with Crippen molar-refractivity contribution < 1.29 is 14.3 Å². The maximum absolute atomic E-state index is 11.8. The average molecular weight is 296 g/mol. The van der Waals surface area contributed by atoms with Crippen molar-refractivity contribution in [1.29, 1.82) is 0 Å². The first-order chi connectivity index (χ1) is 7.95. The van der Waals surface area contributed by atoms with E-state index in [2.05, 4.69) is 4.74 Å². The number of Topliss-reactive ketones (excluding diaryl/α,β-unsaturated/α-hetero) is 1. The van der Waals surface area contributed by atoms with Gasteiger partial charge in [-0.1, -0.05) is 34.8 Å². The Kier molecular flexibility index (Phi) is 5.25. The summed E-state index contributed by atoms with van der Waals surface area (Å²) < 4.78 is 4.44. The average Bonchev–Trinajstić information content (AvgIpc) is 2.30. The molecule has 0 aliphatic heterocycles. The molecule has 0 saturated heterocycles. The molecule has 0 aliphatic carbocycles. The standard InChI is InChI=1S/C11H9Cl3O3/c1-17-10(16)3-2-9(15)7-4-6(12)5-8(13)11(7)14/h4-5H,2-3H2,1H3. The van der Waals surface area contributed by atoms with E-state index in [1.807, 2.05) is 0 Å². The maximum Gasteiger partial charge on any atom is 0.305 e. The van der Waals surface area contributed by atoms with E-state index in [4.69, 9.17) is 34.8 Å². The zero-order valence-corrected chi connectivity index (χ0v) is 11.2. The predicted molar refractivity (Wildman–Crippen MR) is 67.1 cm³/mol. The molecule has 3 nitrogen and oxygen atoms in total. The van der Waals surface area contributed by atoms with Crippen molar-refractivity contribution in [2.45, 2.75) is 12.8 Å². The van der Waals surface area contributed by atoms with Gasteiger partial charge in [-0.2, -0.15) is 0 Å². The first kappa shape index (κ1) is 14.3. The van der Waals surface area contributed by atoms with Crippen molar-refractivity contribution in [1.82, 2.24) is 0 Å². The maximum atomic E-state index is 11.8. The highest BCUT2D eigenvalue weighted by molar-refractivity contribution is 6.45. The summed E-state index contributed by atoms with van der Waals surface area (Å²) in [7, 11) is 1.26. The lowest BCUT2D eigenvalue weighted by molar-refractivity contribution is -0.140. The Morgan fingerprint density at radius 1 is 1.18 bits per heavy atom. The number of ether oxygens (including phenoxy) is 1. The third-order valence-corrected chi connectivity index (χ3v) is 3.10. The van der Waals surface area contributed by atoms with Gasteiger partial charge >= 0.3 is 5.97 Å². The topological polar surface area (TPSA) is 43.4 Å². The summed E-state index contributed by atoms with van der Waals surface area (Å²) >= 11 is 17.4. The van der Waals surface area contributed by atoms with E-state index in [0.29, 0.717) is 5.02 Å². The molecule has 0 saturated carbocycles. The monoisotopic (exact) mass is 294 g/mol. The van der Waals surface area contributed by atoms with Crippen LogP contribution in [0, 0.1) is 0 Å². The van der Waals surface area contributed by atoms with Gasteiger partial charge in [-0.25, -0.2) is 0 Å². The van der Waals surface area contributed by atoms with Crippen LogP contribution in [0.3, 0.4) is 0 Å².